The molecule has 1 aliphatic carbocycles. The minimum atomic E-state index is -0.302. The van der Waals surface area contributed by atoms with E-state index in [0.717, 1.165) is 36.9 Å². The third-order valence-corrected chi connectivity index (χ3v) is 4.26. The number of allylic oxidation sites excluding steroid dienone is 2. The number of ketones is 1. The molecule has 1 atom stereocenters. The van der Waals surface area contributed by atoms with E-state index in [2.05, 4.69) is 11.5 Å². The Labute approximate surface area is 144 Å². The van der Waals surface area contributed by atoms with Crippen LogP contribution >= 0.6 is 24.0 Å². The summed E-state index contributed by atoms with van der Waals surface area (Å²) in [5.74, 6) is 0.269. The van der Waals surface area contributed by atoms with Crippen LogP contribution in [0.25, 0.3) is 6.08 Å². The maximum absolute atomic E-state index is 12.9. The zero-order valence-corrected chi connectivity index (χ0v) is 14.7. The first kappa shape index (κ1) is 19.0. The van der Waals surface area contributed by atoms with E-state index in [4.69, 9.17) is 11.6 Å². The van der Waals surface area contributed by atoms with E-state index in [9.17, 15) is 4.79 Å². The average Bonchev–Trinajstić information content (AvgIpc) is 2.71. The van der Waals surface area contributed by atoms with E-state index in [1.807, 2.05) is 50.5 Å². The molecule has 0 spiro atoms. The standard InChI is InChI=1S/C18H22ClNO.ClH/c1-4-10-18(13-20(2)3)11-9-15(17(18)21)12-14-5-7-16(19)8-6-14;/h4-8,12H,1,9-11,13H2,2-3H3;1H. The zero-order chi connectivity index (χ0) is 15.5. The molecule has 1 aliphatic rings. The summed E-state index contributed by atoms with van der Waals surface area (Å²) >= 11 is 5.90. The molecule has 0 aromatic heterocycles. The lowest BCUT2D eigenvalue weighted by Gasteiger charge is -2.29. The molecule has 1 unspecified atom stereocenters. The van der Waals surface area contributed by atoms with Gasteiger partial charge in [-0.05, 0) is 62.7 Å². The second-order valence-corrected chi connectivity index (χ2v) is 6.50. The van der Waals surface area contributed by atoms with Crippen LogP contribution in [0.4, 0.5) is 0 Å². The minimum Gasteiger partial charge on any atom is -0.308 e. The fraction of sp³-hybridized carbons (Fsp3) is 0.389. The van der Waals surface area contributed by atoms with Gasteiger partial charge in [-0.15, -0.1) is 19.0 Å². The molecule has 22 heavy (non-hydrogen) atoms. The number of Topliss-reactive ketones (excluding diaryl/α,β-unsaturated/α-hetero) is 1. The number of benzene rings is 1. The summed E-state index contributed by atoms with van der Waals surface area (Å²) in [5.41, 5.74) is 1.65. The number of nitrogens with zero attached hydrogens (tertiary/aromatic N) is 1. The van der Waals surface area contributed by atoms with E-state index in [-0.39, 0.29) is 23.6 Å². The van der Waals surface area contributed by atoms with Gasteiger partial charge in [-0.2, -0.15) is 0 Å². The molecule has 0 aliphatic heterocycles. The highest BCUT2D eigenvalue weighted by atomic mass is 35.5. The predicted molar refractivity (Wildman–Crippen MR) is 96.7 cm³/mol. The fourth-order valence-corrected chi connectivity index (χ4v) is 3.26. The summed E-state index contributed by atoms with van der Waals surface area (Å²) in [4.78, 5) is 14.9. The lowest BCUT2D eigenvalue weighted by atomic mass is 9.81. The minimum absolute atomic E-state index is 0. The van der Waals surface area contributed by atoms with E-state index in [1.54, 1.807) is 0 Å². The first-order valence-electron chi connectivity index (χ1n) is 7.23. The summed E-state index contributed by atoms with van der Waals surface area (Å²) < 4.78 is 0. The summed E-state index contributed by atoms with van der Waals surface area (Å²) in [6, 6.07) is 7.60. The number of carbonyl (C=O) groups excluding carboxylic acids is 1. The molecule has 1 fully saturated rings. The molecule has 2 rings (SSSR count). The molecule has 0 bridgehead atoms. The Morgan fingerprint density at radius 2 is 1.95 bits per heavy atom. The normalized spacial score (nSPS) is 22.9. The summed E-state index contributed by atoms with van der Waals surface area (Å²) in [6.45, 7) is 4.60. The largest absolute Gasteiger partial charge is 0.308 e. The molecule has 1 aromatic rings. The highest BCUT2D eigenvalue weighted by Gasteiger charge is 2.43. The lowest BCUT2D eigenvalue weighted by molar-refractivity contribution is -0.123. The van der Waals surface area contributed by atoms with Crippen LogP contribution < -0.4 is 0 Å². The molecule has 0 radical (unpaired) electrons. The van der Waals surface area contributed by atoms with Crippen LogP contribution in [-0.4, -0.2) is 31.3 Å². The first-order chi connectivity index (χ1) is 9.97. The van der Waals surface area contributed by atoms with Gasteiger partial charge < -0.3 is 4.90 Å². The Morgan fingerprint density at radius 3 is 2.50 bits per heavy atom. The maximum atomic E-state index is 12.9. The molecule has 0 amide bonds. The molecular formula is C18H23Cl2NO. The van der Waals surface area contributed by atoms with Crippen LogP contribution in [-0.2, 0) is 4.79 Å². The third-order valence-electron chi connectivity index (χ3n) is 4.01. The molecule has 0 heterocycles. The van der Waals surface area contributed by atoms with Crippen LogP contribution in [0.2, 0.25) is 5.02 Å². The number of halogens is 2. The van der Waals surface area contributed by atoms with Crippen LogP contribution in [0.1, 0.15) is 24.8 Å². The Morgan fingerprint density at radius 1 is 1.32 bits per heavy atom. The van der Waals surface area contributed by atoms with Crippen LogP contribution in [0.5, 0.6) is 0 Å². The molecule has 1 saturated carbocycles. The van der Waals surface area contributed by atoms with Crippen LogP contribution in [0.3, 0.4) is 0 Å². The maximum Gasteiger partial charge on any atom is 0.166 e. The van der Waals surface area contributed by atoms with E-state index >= 15 is 0 Å². The molecule has 0 saturated heterocycles. The van der Waals surface area contributed by atoms with Crippen molar-refractivity contribution in [2.75, 3.05) is 20.6 Å². The van der Waals surface area contributed by atoms with Crippen LogP contribution in [0.15, 0.2) is 42.5 Å². The number of hydrogen-bond donors (Lipinski definition) is 0. The molecular weight excluding hydrogens is 317 g/mol. The Bertz CT molecular complexity index is 563. The van der Waals surface area contributed by atoms with Gasteiger partial charge in [0.2, 0.25) is 0 Å². The van der Waals surface area contributed by atoms with Crippen molar-refractivity contribution in [3.05, 3.63) is 53.1 Å². The van der Waals surface area contributed by atoms with Crippen molar-refractivity contribution in [1.29, 1.82) is 0 Å². The summed E-state index contributed by atoms with van der Waals surface area (Å²) in [6.07, 6.45) is 6.34. The van der Waals surface area contributed by atoms with Crippen LogP contribution in [0, 0.1) is 5.41 Å². The van der Waals surface area contributed by atoms with E-state index in [1.165, 1.54) is 0 Å². The Hall–Kier alpha value is -1.09. The van der Waals surface area contributed by atoms with Gasteiger partial charge in [-0.3, -0.25) is 4.79 Å². The van der Waals surface area contributed by atoms with Gasteiger partial charge in [0, 0.05) is 17.0 Å². The number of carbonyl (C=O) groups is 1. The molecule has 4 heteroatoms. The van der Waals surface area contributed by atoms with E-state index in [0.29, 0.717) is 5.02 Å². The smallest absolute Gasteiger partial charge is 0.166 e. The highest BCUT2D eigenvalue weighted by Crippen LogP contribution is 2.42. The zero-order valence-electron chi connectivity index (χ0n) is 13.1. The van der Waals surface area contributed by atoms with Gasteiger partial charge in [0.25, 0.3) is 0 Å². The van der Waals surface area contributed by atoms with Gasteiger partial charge in [-0.1, -0.05) is 29.8 Å². The second-order valence-electron chi connectivity index (χ2n) is 6.06. The first-order valence-corrected chi connectivity index (χ1v) is 7.61. The third kappa shape index (κ3) is 4.22. The van der Waals surface area contributed by atoms with Crippen molar-refractivity contribution in [2.45, 2.75) is 19.3 Å². The van der Waals surface area contributed by atoms with Crippen molar-refractivity contribution in [1.82, 2.24) is 4.90 Å². The molecule has 1 aromatic carbocycles. The molecule has 2 nitrogen and oxygen atoms in total. The average molecular weight is 340 g/mol. The van der Waals surface area contributed by atoms with Gasteiger partial charge in [0.1, 0.15) is 0 Å². The van der Waals surface area contributed by atoms with Crippen molar-refractivity contribution >= 4 is 35.9 Å². The predicted octanol–water partition coefficient (Wildman–Crippen LogP) is 4.63. The number of rotatable bonds is 5. The van der Waals surface area contributed by atoms with Gasteiger partial charge in [0.05, 0.1) is 0 Å². The van der Waals surface area contributed by atoms with Crippen molar-refractivity contribution in [2.24, 2.45) is 5.41 Å². The lowest BCUT2D eigenvalue weighted by Crippen LogP contribution is -2.37. The van der Waals surface area contributed by atoms with Gasteiger partial charge >= 0.3 is 0 Å². The van der Waals surface area contributed by atoms with Gasteiger partial charge in [0.15, 0.2) is 5.78 Å². The summed E-state index contributed by atoms with van der Waals surface area (Å²) in [5, 5.41) is 0.712. The van der Waals surface area contributed by atoms with Crippen molar-refractivity contribution in [3.63, 3.8) is 0 Å². The quantitative estimate of drug-likeness (QED) is 0.575. The second kappa shape index (κ2) is 7.96. The Balaban J connectivity index is 0.00000242. The number of hydrogen-bond acceptors (Lipinski definition) is 2. The molecule has 120 valence electrons. The van der Waals surface area contributed by atoms with Crippen molar-refractivity contribution < 1.29 is 4.79 Å². The monoisotopic (exact) mass is 339 g/mol. The van der Waals surface area contributed by atoms with E-state index < -0.39 is 0 Å². The molecule has 0 N–H and O–H groups in total. The summed E-state index contributed by atoms with van der Waals surface area (Å²) in [7, 11) is 4.03. The Kier molecular flexibility index (Phi) is 6.86. The van der Waals surface area contributed by atoms with Gasteiger partial charge in [-0.25, -0.2) is 0 Å². The highest BCUT2D eigenvalue weighted by molar-refractivity contribution is 6.30. The fourth-order valence-electron chi connectivity index (χ4n) is 3.13. The SMILES string of the molecule is C=CCC1(CN(C)C)CCC(=Cc2ccc(Cl)cc2)C1=O.Cl. The topological polar surface area (TPSA) is 20.3 Å². The van der Waals surface area contributed by atoms with Crippen molar-refractivity contribution in [3.8, 4) is 0 Å².